The minimum Gasteiger partial charge on any atom is -0.473 e. The molecule has 8 heteroatoms. The topological polar surface area (TPSA) is 93.9 Å². The summed E-state index contributed by atoms with van der Waals surface area (Å²) in [7, 11) is 0. The van der Waals surface area contributed by atoms with Gasteiger partial charge in [-0.25, -0.2) is 14.4 Å². The quantitative estimate of drug-likeness (QED) is 0.397. The number of nitrogens with zero attached hydrogens (tertiary/aromatic N) is 2. The van der Waals surface area contributed by atoms with E-state index in [1.165, 1.54) is 18.5 Å². The Balaban J connectivity index is 0.00000272. The van der Waals surface area contributed by atoms with E-state index in [1.54, 1.807) is 18.2 Å². The lowest BCUT2D eigenvalue weighted by Crippen LogP contribution is -2.05. The number of nitrogens with one attached hydrogen (secondary N) is 1. The third kappa shape index (κ3) is 5.65. The van der Waals surface area contributed by atoms with E-state index in [0.717, 1.165) is 22.2 Å². The number of benzene rings is 2. The van der Waals surface area contributed by atoms with Gasteiger partial charge in [-0.15, -0.1) is 12.4 Å². The summed E-state index contributed by atoms with van der Waals surface area (Å²) in [6, 6.07) is 15.5. The number of fused-ring (bicyclic) bond motifs is 1. The molecule has 160 valence electrons. The summed E-state index contributed by atoms with van der Waals surface area (Å²) < 4.78 is 19.0. The van der Waals surface area contributed by atoms with Crippen LogP contribution in [0.1, 0.15) is 33.7 Å². The van der Waals surface area contributed by atoms with Crippen LogP contribution in [-0.2, 0) is 19.6 Å². The van der Waals surface area contributed by atoms with Gasteiger partial charge in [0.15, 0.2) is 5.78 Å². The summed E-state index contributed by atoms with van der Waals surface area (Å²) >= 11 is 0. The van der Waals surface area contributed by atoms with Crippen LogP contribution in [-0.4, -0.2) is 20.7 Å². The Hall–Kier alpha value is -3.29. The number of carbonyl (C=O) groups excluding carboxylic acids is 1. The van der Waals surface area contributed by atoms with Crippen molar-refractivity contribution in [2.24, 2.45) is 5.73 Å². The lowest BCUT2D eigenvalue weighted by molar-refractivity contribution is 0.0982. The minimum atomic E-state index is -0.274. The summed E-state index contributed by atoms with van der Waals surface area (Å²) in [6.07, 6.45) is 2.32. The van der Waals surface area contributed by atoms with Gasteiger partial charge in [0.25, 0.3) is 0 Å². The second-order valence-electron chi connectivity index (χ2n) is 6.99. The molecule has 31 heavy (non-hydrogen) atoms. The van der Waals surface area contributed by atoms with Crippen LogP contribution in [0.3, 0.4) is 0 Å². The SMILES string of the molecule is Cl.NCc1cc(OCc2cccc(C(=O)CCc3cc4cc(F)ccc4[nH]3)c2)ncn1. The largest absolute Gasteiger partial charge is 0.473 e. The zero-order chi connectivity index (χ0) is 20.9. The van der Waals surface area contributed by atoms with Crippen LogP contribution >= 0.6 is 12.4 Å². The maximum Gasteiger partial charge on any atom is 0.216 e. The second kappa shape index (κ2) is 10.1. The number of aromatic amines is 1. The van der Waals surface area contributed by atoms with Gasteiger partial charge >= 0.3 is 0 Å². The molecule has 0 bridgehead atoms. The van der Waals surface area contributed by atoms with Crippen LogP contribution in [0.25, 0.3) is 10.9 Å². The summed E-state index contributed by atoms with van der Waals surface area (Å²) in [4.78, 5) is 24.0. The molecule has 0 aliphatic heterocycles. The van der Waals surface area contributed by atoms with Crippen molar-refractivity contribution in [2.45, 2.75) is 26.0 Å². The number of nitrogens with two attached hydrogens (primary N) is 1. The number of ketones is 1. The van der Waals surface area contributed by atoms with Gasteiger partial charge in [-0.2, -0.15) is 0 Å². The molecule has 0 radical (unpaired) electrons. The van der Waals surface area contributed by atoms with Gasteiger partial charge in [0.1, 0.15) is 18.8 Å². The predicted molar refractivity (Wildman–Crippen MR) is 119 cm³/mol. The molecule has 0 unspecified atom stereocenters. The maximum atomic E-state index is 13.3. The molecule has 2 aromatic heterocycles. The Bertz CT molecular complexity index is 1200. The Morgan fingerprint density at radius 1 is 1.10 bits per heavy atom. The predicted octanol–water partition coefficient (Wildman–Crippen LogP) is 4.37. The van der Waals surface area contributed by atoms with Crippen LogP contribution in [0.15, 0.2) is 60.9 Å². The highest BCUT2D eigenvalue weighted by Gasteiger charge is 2.10. The lowest BCUT2D eigenvalue weighted by Gasteiger charge is -2.07. The van der Waals surface area contributed by atoms with E-state index in [2.05, 4.69) is 15.0 Å². The Morgan fingerprint density at radius 2 is 1.97 bits per heavy atom. The molecule has 0 aliphatic rings. The number of aryl methyl sites for hydroxylation is 1. The number of carbonyl (C=O) groups is 1. The molecular formula is C23H22ClFN4O2. The van der Waals surface area contributed by atoms with Crippen molar-refractivity contribution < 1.29 is 13.9 Å². The molecule has 3 N–H and O–H groups in total. The van der Waals surface area contributed by atoms with Crippen molar-refractivity contribution in [3.05, 3.63) is 89.3 Å². The average molecular weight is 441 g/mol. The van der Waals surface area contributed by atoms with Crippen LogP contribution in [0.4, 0.5) is 4.39 Å². The van der Waals surface area contributed by atoms with Gasteiger partial charge in [0.2, 0.25) is 5.88 Å². The van der Waals surface area contributed by atoms with Gasteiger partial charge in [0, 0.05) is 41.2 Å². The first kappa shape index (κ1) is 22.4. The number of hydrogen-bond acceptors (Lipinski definition) is 5. The van der Waals surface area contributed by atoms with Crippen molar-refractivity contribution in [1.29, 1.82) is 0 Å². The molecule has 0 saturated heterocycles. The lowest BCUT2D eigenvalue weighted by atomic mass is 10.0. The molecule has 0 saturated carbocycles. The van der Waals surface area contributed by atoms with Crippen molar-refractivity contribution in [1.82, 2.24) is 15.0 Å². The molecule has 4 aromatic rings. The smallest absolute Gasteiger partial charge is 0.216 e. The highest BCUT2D eigenvalue weighted by molar-refractivity contribution is 5.96. The van der Waals surface area contributed by atoms with Crippen molar-refractivity contribution >= 4 is 29.1 Å². The Kier molecular flexibility index (Phi) is 7.33. The molecule has 0 spiro atoms. The first-order valence-electron chi connectivity index (χ1n) is 9.64. The van der Waals surface area contributed by atoms with E-state index in [1.807, 2.05) is 24.3 Å². The standard InChI is InChI=1S/C23H21FN4O2.ClH/c24-18-4-6-21-17(9-18)10-19(28-21)5-7-22(29)16-3-1-2-15(8-16)13-30-23-11-20(12-25)26-14-27-23;/h1-4,6,8-11,14,28H,5,7,12-13,25H2;1H. The van der Waals surface area contributed by atoms with E-state index >= 15 is 0 Å². The van der Waals surface area contributed by atoms with E-state index < -0.39 is 0 Å². The van der Waals surface area contributed by atoms with Gasteiger partial charge in [-0.3, -0.25) is 4.79 Å². The molecule has 0 atom stereocenters. The number of hydrogen-bond donors (Lipinski definition) is 2. The van der Waals surface area contributed by atoms with E-state index in [0.29, 0.717) is 36.5 Å². The second-order valence-corrected chi connectivity index (χ2v) is 6.99. The fourth-order valence-corrected chi connectivity index (χ4v) is 3.25. The van der Waals surface area contributed by atoms with Crippen LogP contribution in [0.5, 0.6) is 5.88 Å². The number of aromatic nitrogens is 3. The molecule has 2 aromatic carbocycles. The average Bonchev–Trinajstić information content (AvgIpc) is 3.18. The normalized spacial score (nSPS) is 10.6. The third-order valence-electron chi connectivity index (χ3n) is 4.80. The zero-order valence-electron chi connectivity index (χ0n) is 16.7. The number of Topliss-reactive ketones (excluding diaryl/α,β-unsaturated/α-hetero) is 1. The summed E-state index contributed by atoms with van der Waals surface area (Å²) in [5, 5.41) is 0.805. The summed E-state index contributed by atoms with van der Waals surface area (Å²) in [6.45, 7) is 0.601. The van der Waals surface area contributed by atoms with Gasteiger partial charge < -0.3 is 15.5 Å². The van der Waals surface area contributed by atoms with Crippen molar-refractivity contribution in [3.8, 4) is 5.88 Å². The molecular weight excluding hydrogens is 419 g/mol. The minimum absolute atomic E-state index is 0. The van der Waals surface area contributed by atoms with Crippen LogP contribution in [0, 0.1) is 5.82 Å². The zero-order valence-corrected chi connectivity index (χ0v) is 17.5. The monoisotopic (exact) mass is 440 g/mol. The van der Waals surface area contributed by atoms with Crippen LogP contribution < -0.4 is 10.5 Å². The fourth-order valence-electron chi connectivity index (χ4n) is 3.25. The van der Waals surface area contributed by atoms with Gasteiger partial charge in [0.05, 0.1) is 5.69 Å². The fraction of sp³-hybridized carbons (Fsp3) is 0.174. The highest BCUT2D eigenvalue weighted by atomic mass is 35.5. The molecule has 4 rings (SSSR count). The first-order chi connectivity index (χ1) is 14.6. The first-order valence-corrected chi connectivity index (χ1v) is 9.64. The number of H-pyrrole nitrogens is 1. The van der Waals surface area contributed by atoms with Crippen molar-refractivity contribution in [3.63, 3.8) is 0 Å². The third-order valence-corrected chi connectivity index (χ3v) is 4.80. The van der Waals surface area contributed by atoms with Gasteiger partial charge in [-0.05, 0) is 42.3 Å². The van der Waals surface area contributed by atoms with Crippen molar-refractivity contribution in [2.75, 3.05) is 0 Å². The maximum absolute atomic E-state index is 13.3. The number of halogens is 2. The summed E-state index contributed by atoms with van der Waals surface area (Å²) in [5.41, 5.74) is 9.54. The molecule has 0 fully saturated rings. The Labute approximate surface area is 185 Å². The molecule has 2 heterocycles. The van der Waals surface area contributed by atoms with Gasteiger partial charge in [-0.1, -0.05) is 18.2 Å². The molecule has 0 amide bonds. The summed E-state index contributed by atoms with van der Waals surface area (Å²) in [5.74, 6) is 0.205. The van der Waals surface area contributed by atoms with E-state index in [4.69, 9.17) is 10.5 Å². The highest BCUT2D eigenvalue weighted by Crippen LogP contribution is 2.19. The molecule has 6 nitrogen and oxygen atoms in total. The molecule has 0 aliphatic carbocycles. The number of rotatable bonds is 8. The number of ether oxygens (including phenoxy) is 1. The van der Waals surface area contributed by atoms with E-state index in [9.17, 15) is 9.18 Å². The van der Waals surface area contributed by atoms with E-state index in [-0.39, 0.29) is 30.6 Å². The van der Waals surface area contributed by atoms with Crippen LogP contribution in [0.2, 0.25) is 0 Å². The Morgan fingerprint density at radius 3 is 2.81 bits per heavy atom.